The minimum Gasteiger partial charge on any atom is -0.354 e. The van der Waals surface area contributed by atoms with Gasteiger partial charge >= 0.3 is 5.69 Å². The molecule has 1 amide bonds. The minimum absolute atomic E-state index is 0.0157. The monoisotopic (exact) mass is 267 g/mol. The number of hydrogen-bond acceptors (Lipinski definition) is 8. The highest BCUT2D eigenvalue weighted by molar-refractivity contribution is 5.82. The lowest BCUT2D eigenvalue weighted by molar-refractivity contribution is -0.384. The zero-order valence-electron chi connectivity index (χ0n) is 10.00. The zero-order valence-corrected chi connectivity index (χ0v) is 10.00. The number of aromatic nitrogens is 2. The van der Waals surface area contributed by atoms with E-state index in [1.807, 2.05) is 0 Å². The molecule has 2 heterocycles. The molecule has 0 saturated carbocycles. The third kappa shape index (κ3) is 2.85. The Labute approximate surface area is 108 Å². The highest BCUT2D eigenvalue weighted by Crippen LogP contribution is 2.26. The van der Waals surface area contributed by atoms with Gasteiger partial charge in [0.25, 0.3) is 0 Å². The molecule has 4 N–H and O–H groups in total. The van der Waals surface area contributed by atoms with E-state index in [1.165, 1.54) is 0 Å². The molecule has 19 heavy (non-hydrogen) atoms. The van der Waals surface area contributed by atoms with Gasteiger partial charge in [0.15, 0.2) is 0 Å². The molecule has 1 aliphatic heterocycles. The molecule has 0 aliphatic carbocycles. The topological polar surface area (TPSA) is 139 Å². The smallest absolute Gasteiger partial charge is 0.329 e. The number of nitrogens with two attached hydrogens (primary N) is 1. The van der Waals surface area contributed by atoms with Gasteiger partial charge in [-0.15, -0.1) is 0 Å². The van der Waals surface area contributed by atoms with Gasteiger partial charge in [-0.1, -0.05) is 0 Å². The van der Waals surface area contributed by atoms with Crippen LogP contribution in [-0.2, 0) is 4.79 Å². The van der Waals surface area contributed by atoms with Crippen LogP contribution in [0.3, 0.4) is 0 Å². The van der Waals surface area contributed by atoms with Crippen molar-refractivity contribution in [2.45, 2.75) is 6.42 Å². The summed E-state index contributed by atoms with van der Waals surface area (Å²) in [6.45, 7) is 1.04. The average Bonchev–Trinajstić information content (AvgIpc) is 2.62. The van der Waals surface area contributed by atoms with Crippen LogP contribution in [0.25, 0.3) is 0 Å². The van der Waals surface area contributed by atoms with E-state index >= 15 is 0 Å². The van der Waals surface area contributed by atoms with Crippen LogP contribution in [0.1, 0.15) is 6.42 Å². The number of carbonyl (C=O) groups excluding carboxylic acids is 1. The number of nitrogens with zero attached hydrogens (tertiary/aromatic N) is 4. The van der Waals surface area contributed by atoms with Gasteiger partial charge in [0.1, 0.15) is 6.20 Å². The number of anilines is 2. The van der Waals surface area contributed by atoms with Crippen LogP contribution in [-0.4, -0.2) is 40.4 Å². The van der Waals surface area contributed by atoms with E-state index in [1.54, 1.807) is 4.90 Å². The maximum Gasteiger partial charge on any atom is 0.329 e. The third-order valence-electron chi connectivity index (χ3n) is 2.64. The summed E-state index contributed by atoms with van der Waals surface area (Å²) >= 11 is 0. The predicted octanol–water partition coefficient (Wildman–Crippen LogP) is -1.00. The molecule has 1 saturated heterocycles. The van der Waals surface area contributed by atoms with Crippen molar-refractivity contribution < 1.29 is 9.72 Å². The molecule has 0 radical (unpaired) electrons. The second-order valence-electron chi connectivity index (χ2n) is 3.93. The molecule has 10 nitrogen and oxygen atoms in total. The maximum absolute atomic E-state index is 11.5. The van der Waals surface area contributed by atoms with Crippen LogP contribution in [0.5, 0.6) is 0 Å². The first kappa shape index (κ1) is 13.0. The fourth-order valence-electron chi connectivity index (χ4n) is 1.78. The molecule has 0 atom stereocenters. The normalized spacial score (nSPS) is 15.6. The Hall–Kier alpha value is -2.49. The van der Waals surface area contributed by atoms with E-state index in [2.05, 4.69) is 20.7 Å². The molecular weight excluding hydrogens is 254 g/mol. The van der Waals surface area contributed by atoms with Crippen molar-refractivity contribution in [1.29, 1.82) is 0 Å². The Kier molecular flexibility index (Phi) is 3.71. The Balaban J connectivity index is 2.39. The molecule has 10 heteroatoms. The lowest BCUT2D eigenvalue weighted by Crippen LogP contribution is -2.34. The largest absolute Gasteiger partial charge is 0.354 e. The first-order valence-corrected chi connectivity index (χ1v) is 5.61. The van der Waals surface area contributed by atoms with Gasteiger partial charge < -0.3 is 10.2 Å². The summed E-state index contributed by atoms with van der Waals surface area (Å²) in [6.07, 6.45) is 1.75. The van der Waals surface area contributed by atoms with Crippen molar-refractivity contribution in [3.05, 3.63) is 16.3 Å². The molecular formula is C9H13N7O3. The van der Waals surface area contributed by atoms with Gasteiger partial charge in [-0.05, 0) is 6.42 Å². The van der Waals surface area contributed by atoms with E-state index in [-0.39, 0.29) is 29.9 Å². The average molecular weight is 267 g/mol. The number of hydrazine groups is 1. The van der Waals surface area contributed by atoms with Crippen molar-refractivity contribution in [2.24, 2.45) is 5.84 Å². The Morgan fingerprint density at radius 3 is 3.05 bits per heavy atom. The molecule has 1 aliphatic rings. The Bertz CT molecular complexity index is 507. The summed E-state index contributed by atoms with van der Waals surface area (Å²) in [5.74, 6) is 5.14. The van der Waals surface area contributed by atoms with Crippen LogP contribution in [0.15, 0.2) is 6.20 Å². The van der Waals surface area contributed by atoms with E-state index in [9.17, 15) is 14.9 Å². The van der Waals surface area contributed by atoms with Gasteiger partial charge in [0.05, 0.1) is 11.5 Å². The lowest BCUT2D eigenvalue weighted by Gasteiger charge is -2.19. The van der Waals surface area contributed by atoms with E-state index in [0.29, 0.717) is 19.5 Å². The molecule has 0 spiro atoms. The highest BCUT2D eigenvalue weighted by Gasteiger charge is 2.25. The predicted molar refractivity (Wildman–Crippen MR) is 66.3 cm³/mol. The number of amides is 1. The fraction of sp³-hybridized carbons (Fsp3) is 0.444. The van der Waals surface area contributed by atoms with Gasteiger partial charge in [-0.25, -0.2) is 10.8 Å². The molecule has 0 unspecified atom stereocenters. The first-order valence-electron chi connectivity index (χ1n) is 5.61. The summed E-state index contributed by atoms with van der Waals surface area (Å²) in [7, 11) is 0. The Morgan fingerprint density at radius 1 is 1.58 bits per heavy atom. The quantitative estimate of drug-likeness (QED) is 0.360. The summed E-state index contributed by atoms with van der Waals surface area (Å²) in [4.78, 5) is 31.1. The number of carbonyl (C=O) groups is 1. The summed E-state index contributed by atoms with van der Waals surface area (Å²) in [6, 6.07) is 0. The number of hydrogen-bond donors (Lipinski definition) is 3. The van der Waals surface area contributed by atoms with Crippen molar-refractivity contribution in [3.63, 3.8) is 0 Å². The molecule has 1 fully saturated rings. The SMILES string of the molecule is NNc1ncc([N+](=O)[O-])c(N2CCCNC(=O)C2)n1. The van der Waals surface area contributed by atoms with Crippen molar-refractivity contribution in [3.8, 4) is 0 Å². The van der Waals surface area contributed by atoms with Gasteiger partial charge in [-0.2, -0.15) is 4.98 Å². The first-order chi connectivity index (χ1) is 9.11. The van der Waals surface area contributed by atoms with E-state index < -0.39 is 4.92 Å². The lowest BCUT2D eigenvalue weighted by atomic mass is 10.3. The van der Waals surface area contributed by atoms with Gasteiger partial charge in [0, 0.05) is 13.1 Å². The summed E-state index contributed by atoms with van der Waals surface area (Å²) in [5, 5.41) is 13.7. The second-order valence-corrected chi connectivity index (χ2v) is 3.93. The number of nitro groups is 1. The zero-order chi connectivity index (χ0) is 13.8. The molecule has 0 aromatic carbocycles. The van der Waals surface area contributed by atoms with E-state index in [0.717, 1.165) is 6.20 Å². The number of nitrogens with one attached hydrogen (secondary N) is 2. The minimum atomic E-state index is -0.585. The number of nitrogen functional groups attached to an aromatic ring is 1. The molecule has 1 aromatic rings. The second kappa shape index (κ2) is 5.44. The van der Waals surface area contributed by atoms with Crippen LogP contribution >= 0.6 is 0 Å². The highest BCUT2D eigenvalue weighted by atomic mass is 16.6. The van der Waals surface area contributed by atoms with Crippen LogP contribution in [0.4, 0.5) is 17.5 Å². The third-order valence-corrected chi connectivity index (χ3v) is 2.64. The van der Waals surface area contributed by atoms with Crippen molar-refractivity contribution in [1.82, 2.24) is 15.3 Å². The number of rotatable bonds is 3. The standard InChI is InChI=1S/C9H13N7O3/c10-14-9-12-4-6(16(18)19)8(13-9)15-3-1-2-11-7(17)5-15/h4H,1-3,5,10H2,(H,11,17)(H,12,13,14). The molecule has 102 valence electrons. The molecule has 2 rings (SSSR count). The van der Waals surface area contributed by atoms with Crippen LogP contribution in [0, 0.1) is 10.1 Å². The van der Waals surface area contributed by atoms with Crippen LogP contribution < -0.4 is 21.5 Å². The maximum atomic E-state index is 11.5. The Morgan fingerprint density at radius 2 is 2.37 bits per heavy atom. The van der Waals surface area contributed by atoms with Gasteiger partial charge in [0.2, 0.25) is 17.7 Å². The van der Waals surface area contributed by atoms with E-state index in [4.69, 9.17) is 5.84 Å². The summed E-state index contributed by atoms with van der Waals surface area (Å²) < 4.78 is 0. The van der Waals surface area contributed by atoms with Gasteiger partial charge in [-0.3, -0.25) is 20.3 Å². The van der Waals surface area contributed by atoms with Crippen molar-refractivity contribution in [2.75, 3.05) is 30.0 Å². The fourth-order valence-corrected chi connectivity index (χ4v) is 1.78. The molecule has 1 aromatic heterocycles. The molecule has 0 bridgehead atoms. The van der Waals surface area contributed by atoms with Crippen molar-refractivity contribution >= 4 is 23.4 Å². The summed E-state index contributed by atoms with van der Waals surface area (Å²) in [5.41, 5.74) is 1.97. The van der Waals surface area contributed by atoms with Crippen LogP contribution in [0.2, 0.25) is 0 Å².